The van der Waals surface area contributed by atoms with E-state index in [2.05, 4.69) is 0 Å². The summed E-state index contributed by atoms with van der Waals surface area (Å²) in [6, 6.07) is 11.0. The molecule has 0 aliphatic carbocycles. The van der Waals surface area contributed by atoms with Crippen LogP contribution in [-0.2, 0) is 38.0 Å². The molecule has 0 amide bonds. The SMILES string of the molecule is COc1cc(C=CC(=O)O[C@H]2[C@H](O[C@H]3[C@H](Oc4cc(O)c5c(=O)c(O[C@@H]6O[C@H](CO[C@@H]7O[C@@H](C)[C@H](O)[C@@H](O)[C@H]7O)[C@H](O)[C@H](O)[C@H]6O)c(-c6ccc(O)cc6)oc5c4)O[C@H](CO)[C@@H](O)[C@@H]3O)O[C@H](CO)[C@@H](O)[C@@H]2O)ccc1O. The van der Waals surface area contributed by atoms with Gasteiger partial charge in [-0.25, -0.2) is 4.79 Å². The van der Waals surface area contributed by atoms with E-state index in [9.17, 15) is 86.2 Å². The highest BCUT2D eigenvalue weighted by molar-refractivity contribution is 5.89. The van der Waals surface area contributed by atoms with E-state index in [0.717, 1.165) is 18.2 Å². The maximum absolute atomic E-state index is 14.5. The third-order valence-corrected chi connectivity index (χ3v) is 13.2. The van der Waals surface area contributed by atoms with Gasteiger partial charge < -0.3 is 128 Å². The number of esters is 1. The molecule has 422 valence electrons. The quantitative estimate of drug-likeness (QED) is 0.0374. The van der Waals surface area contributed by atoms with Crippen molar-refractivity contribution >= 4 is 23.0 Å². The number of ether oxygens (including phenoxy) is 10. The zero-order valence-corrected chi connectivity index (χ0v) is 40.5. The first-order valence-corrected chi connectivity index (χ1v) is 23.8. The van der Waals surface area contributed by atoms with Crippen LogP contribution in [0.5, 0.6) is 34.5 Å². The predicted octanol–water partition coefficient (Wildman–Crippen LogP) is -4.12. The molecule has 8 rings (SSSR count). The minimum absolute atomic E-state index is 0.0194. The second kappa shape index (κ2) is 24.0. The van der Waals surface area contributed by atoms with Crippen LogP contribution in [0.15, 0.2) is 69.9 Å². The number of carbonyl (C=O) groups is 1. The molecule has 3 aromatic carbocycles. The highest BCUT2D eigenvalue weighted by Crippen LogP contribution is 2.40. The molecule has 4 aliphatic rings. The number of rotatable bonds is 16. The first kappa shape index (κ1) is 57.3. The van der Waals surface area contributed by atoms with Crippen LogP contribution in [0.25, 0.3) is 28.4 Å². The molecule has 0 spiro atoms. The van der Waals surface area contributed by atoms with Gasteiger partial charge in [0.25, 0.3) is 0 Å². The lowest BCUT2D eigenvalue weighted by atomic mass is 9.97. The lowest BCUT2D eigenvalue weighted by Gasteiger charge is -2.46. The summed E-state index contributed by atoms with van der Waals surface area (Å²) in [5.41, 5.74) is -1.24. The van der Waals surface area contributed by atoms with Crippen LogP contribution in [0.1, 0.15) is 12.5 Å². The smallest absolute Gasteiger partial charge is 0.331 e. The van der Waals surface area contributed by atoms with Crippen molar-refractivity contribution in [2.45, 2.75) is 130 Å². The van der Waals surface area contributed by atoms with Gasteiger partial charge in [0.2, 0.25) is 23.8 Å². The molecule has 4 aliphatic heterocycles. The molecule has 4 aromatic rings. The van der Waals surface area contributed by atoms with Crippen LogP contribution >= 0.6 is 0 Å². The number of benzene rings is 3. The molecule has 0 saturated carbocycles. The Bertz CT molecular complexity index is 2750. The summed E-state index contributed by atoms with van der Waals surface area (Å²) in [5, 5.41) is 159. The highest BCUT2D eigenvalue weighted by Gasteiger charge is 2.53. The Morgan fingerprint density at radius 1 is 0.623 bits per heavy atom. The Hall–Kier alpha value is -5.84. The van der Waals surface area contributed by atoms with Gasteiger partial charge in [0.05, 0.1) is 33.0 Å². The Kier molecular flexibility index (Phi) is 17.9. The molecule has 4 saturated heterocycles. The van der Waals surface area contributed by atoms with Crippen LogP contribution < -0.4 is 19.6 Å². The summed E-state index contributed by atoms with van der Waals surface area (Å²) >= 11 is 0. The van der Waals surface area contributed by atoms with Crippen molar-refractivity contribution in [1.82, 2.24) is 0 Å². The molecule has 20 atom stereocenters. The van der Waals surface area contributed by atoms with Gasteiger partial charge in [-0.05, 0) is 55.0 Å². The summed E-state index contributed by atoms with van der Waals surface area (Å²) in [7, 11) is 1.30. The summed E-state index contributed by atoms with van der Waals surface area (Å²) < 4.78 is 62.7. The molecule has 28 heteroatoms. The third-order valence-electron chi connectivity index (χ3n) is 13.2. The topological polar surface area (TPSA) is 443 Å². The Balaban J connectivity index is 1.09. The molecule has 15 N–H and O–H groups in total. The number of carbonyl (C=O) groups excluding carboxylic acids is 1. The van der Waals surface area contributed by atoms with E-state index < -0.39 is 188 Å². The molecule has 28 nitrogen and oxygen atoms in total. The summed E-state index contributed by atoms with van der Waals surface area (Å²) in [5.74, 6) is -4.02. The highest BCUT2D eigenvalue weighted by atomic mass is 16.8. The first-order chi connectivity index (χ1) is 36.6. The van der Waals surface area contributed by atoms with Crippen LogP contribution in [0.4, 0.5) is 0 Å². The van der Waals surface area contributed by atoms with Crippen LogP contribution in [0, 0.1) is 0 Å². The van der Waals surface area contributed by atoms with Gasteiger partial charge in [-0.3, -0.25) is 4.79 Å². The van der Waals surface area contributed by atoms with Gasteiger partial charge in [0, 0.05) is 23.8 Å². The van der Waals surface area contributed by atoms with Gasteiger partial charge in [-0.2, -0.15) is 0 Å². The van der Waals surface area contributed by atoms with E-state index in [1.165, 1.54) is 62.6 Å². The Morgan fingerprint density at radius 2 is 1.23 bits per heavy atom. The lowest BCUT2D eigenvalue weighted by molar-refractivity contribution is -0.358. The van der Waals surface area contributed by atoms with Crippen molar-refractivity contribution in [3.8, 4) is 45.8 Å². The van der Waals surface area contributed by atoms with Gasteiger partial charge in [-0.15, -0.1) is 0 Å². The van der Waals surface area contributed by atoms with Crippen molar-refractivity contribution in [2.24, 2.45) is 0 Å². The number of phenols is 3. The fourth-order valence-corrected chi connectivity index (χ4v) is 8.86. The van der Waals surface area contributed by atoms with Crippen molar-refractivity contribution in [2.75, 3.05) is 26.9 Å². The average Bonchev–Trinajstić information content (AvgIpc) is 3.41. The maximum Gasteiger partial charge on any atom is 0.331 e. The van der Waals surface area contributed by atoms with Crippen LogP contribution in [-0.4, -0.2) is 232 Å². The van der Waals surface area contributed by atoms with E-state index in [-0.39, 0.29) is 22.8 Å². The van der Waals surface area contributed by atoms with E-state index in [1.807, 2.05) is 0 Å². The number of aliphatic hydroxyl groups excluding tert-OH is 12. The fraction of sp³-hybridized carbons (Fsp3) is 0.510. The molecular weight excluding hydrogens is 1040 g/mol. The van der Waals surface area contributed by atoms with E-state index in [0.29, 0.717) is 5.56 Å². The predicted molar refractivity (Wildman–Crippen MR) is 251 cm³/mol. The van der Waals surface area contributed by atoms with Gasteiger partial charge >= 0.3 is 5.97 Å². The van der Waals surface area contributed by atoms with Crippen molar-refractivity contribution in [1.29, 1.82) is 0 Å². The number of hydrogen-bond acceptors (Lipinski definition) is 28. The first-order valence-electron chi connectivity index (χ1n) is 23.8. The van der Waals surface area contributed by atoms with E-state index in [4.69, 9.17) is 51.8 Å². The second-order valence-corrected chi connectivity index (χ2v) is 18.4. The molecule has 1 aromatic heterocycles. The minimum Gasteiger partial charge on any atom is -0.508 e. The minimum atomic E-state index is -2.09. The molecule has 0 bridgehead atoms. The Labute approximate surface area is 434 Å². The van der Waals surface area contributed by atoms with Crippen molar-refractivity contribution in [3.05, 3.63) is 76.5 Å². The summed E-state index contributed by atoms with van der Waals surface area (Å²) in [6.07, 6.45) is -33.9. The molecule has 0 unspecified atom stereocenters. The third kappa shape index (κ3) is 11.9. The monoisotopic (exact) mass is 1090 g/mol. The standard InChI is InChI=1S/C49H58O28/c1-17-31(56)36(61)40(65)46(69-17)68-16-28-34(59)37(62)41(66)47(74-28)76-43-35(60)30-23(54)12-21(13-25(30)71-42(43)19-5-7-20(52)8-6-19)70-48-45(39(64)33(58)26(14-50)72-48)77-49-44(38(63)32(57)27(15-51)73-49)75-29(55)10-4-18-3-9-22(53)24(11-18)67-2/h3-13,17,26-28,31-34,36-41,44-54,56-59,61-66H,14-16H2,1-2H3/t17-,26+,27+,28+,31-,32+,33+,34-,36+,37-,38-,39-,40+,41+,44+,45+,46+,47-,48+,49-/m0/s1. The van der Waals surface area contributed by atoms with Gasteiger partial charge in [-0.1, -0.05) is 6.07 Å². The van der Waals surface area contributed by atoms with Crippen LogP contribution in [0.3, 0.4) is 0 Å². The lowest BCUT2D eigenvalue weighted by Crippen LogP contribution is -2.65. The zero-order valence-electron chi connectivity index (χ0n) is 40.5. The fourth-order valence-electron chi connectivity index (χ4n) is 8.86. The van der Waals surface area contributed by atoms with Crippen molar-refractivity contribution in [3.63, 3.8) is 0 Å². The summed E-state index contributed by atoms with van der Waals surface area (Å²) in [4.78, 5) is 27.7. The molecule has 0 radical (unpaired) electrons. The molecule has 4 fully saturated rings. The van der Waals surface area contributed by atoms with E-state index >= 15 is 0 Å². The molecule has 77 heavy (non-hydrogen) atoms. The van der Waals surface area contributed by atoms with E-state index in [1.54, 1.807) is 0 Å². The normalized spacial score (nSPS) is 35.7. The van der Waals surface area contributed by atoms with Crippen LogP contribution in [0.2, 0.25) is 0 Å². The number of phenolic OH excluding ortho intramolecular Hbond substituents is 3. The summed E-state index contributed by atoms with van der Waals surface area (Å²) in [6.45, 7) is -1.14. The molecular formula is C49H58O28. The number of fused-ring (bicyclic) bond motifs is 1. The maximum atomic E-state index is 14.5. The Morgan fingerprint density at radius 3 is 1.90 bits per heavy atom. The largest absolute Gasteiger partial charge is 0.508 e. The zero-order chi connectivity index (χ0) is 55.7. The van der Waals surface area contributed by atoms with Crippen molar-refractivity contribution < 1.29 is 133 Å². The average molecular weight is 1090 g/mol. The second-order valence-electron chi connectivity index (χ2n) is 18.4. The van der Waals surface area contributed by atoms with Gasteiger partial charge in [0.15, 0.2) is 42.0 Å². The number of aliphatic hydroxyl groups is 12. The number of methoxy groups -OCH3 is 1. The molecule has 5 heterocycles. The number of aromatic hydroxyl groups is 3. The number of hydrogen-bond donors (Lipinski definition) is 15. The van der Waals surface area contributed by atoms with Gasteiger partial charge in [0.1, 0.15) is 108 Å².